The van der Waals surface area contributed by atoms with Gasteiger partial charge in [-0.3, -0.25) is 0 Å². The van der Waals surface area contributed by atoms with Gasteiger partial charge in [-0.05, 0) is 47.2 Å². The number of benzene rings is 2. The summed E-state index contributed by atoms with van der Waals surface area (Å²) in [4.78, 5) is 0.153. The Morgan fingerprint density at radius 2 is 1.83 bits per heavy atom. The lowest BCUT2D eigenvalue weighted by Gasteiger charge is -2.16. The molecule has 0 saturated carbocycles. The molecule has 1 nitrogen and oxygen atoms in total. The van der Waals surface area contributed by atoms with Crippen LogP contribution in [0.2, 0.25) is 0 Å². The molecular formula is C15H14BrIO. The summed E-state index contributed by atoms with van der Waals surface area (Å²) in [6, 6.07) is 14.6. The number of ether oxygens (including phenoxy) is 1. The lowest BCUT2D eigenvalue weighted by molar-refractivity contribution is 0.410. The van der Waals surface area contributed by atoms with E-state index < -0.39 is 0 Å². The average molecular weight is 417 g/mol. The number of hydrogen-bond donors (Lipinski definition) is 0. The predicted octanol–water partition coefficient (Wildman–Crippen LogP) is 5.09. The van der Waals surface area contributed by atoms with Crippen LogP contribution in [0.5, 0.6) is 5.75 Å². The summed E-state index contributed by atoms with van der Waals surface area (Å²) >= 11 is 6.15. The maximum atomic E-state index is 5.45. The summed E-state index contributed by atoms with van der Waals surface area (Å²) < 4.78 is 6.70. The van der Waals surface area contributed by atoms with E-state index in [9.17, 15) is 0 Å². The molecule has 2 aromatic carbocycles. The van der Waals surface area contributed by atoms with E-state index in [1.165, 1.54) is 20.3 Å². The quantitative estimate of drug-likeness (QED) is 0.500. The molecule has 0 aliphatic carbocycles. The summed E-state index contributed by atoms with van der Waals surface area (Å²) in [5, 5.41) is 0. The molecule has 0 fully saturated rings. The van der Waals surface area contributed by atoms with E-state index >= 15 is 0 Å². The Morgan fingerprint density at radius 1 is 1.11 bits per heavy atom. The van der Waals surface area contributed by atoms with E-state index in [4.69, 9.17) is 4.74 Å². The third-order valence-electron chi connectivity index (χ3n) is 2.84. The van der Waals surface area contributed by atoms with Gasteiger partial charge in [0.25, 0.3) is 0 Å². The fraction of sp³-hybridized carbons (Fsp3) is 0.200. The Bertz CT molecular complexity index is 554. The number of rotatable bonds is 3. The van der Waals surface area contributed by atoms with Crippen LogP contribution in [0.4, 0.5) is 0 Å². The fourth-order valence-electron chi connectivity index (χ4n) is 1.90. The van der Waals surface area contributed by atoms with E-state index in [0.29, 0.717) is 0 Å². The van der Waals surface area contributed by atoms with Gasteiger partial charge in [0, 0.05) is 9.13 Å². The van der Waals surface area contributed by atoms with Gasteiger partial charge in [0.05, 0.1) is 11.9 Å². The highest BCUT2D eigenvalue weighted by atomic mass is 127. The van der Waals surface area contributed by atoms with Crippen LogP contribution in [0.1, 0.15) is 21.5 Å². The van der Waals surface area contributed by atoms with Crippen molar-refractivity contribution in [3.05, 3.63) is 62.7 Å². The molecular weight excluding hydrogens is 403 g/mol. The van der Waals surface area contributed by atoms with Crippen molar-refractivity contribution in [3.8, 4) is 5.75 Å². The molecule has 1 unspecified atom stereocenters. The largest absolute Gasteiger partial charge is 0.496 e. The van der Waals surface area contributed by atoms with Crippen molar-refractivity contribution in [2.24, 2.45) is 0 Å². The summed E-state index contributed by atoms with van der Waals surface area (Å²) in [6.45, 7) is 2.10. The number of aryl methyl sites for hydroxylation is 1. The molecule has 1 atom stereocenters. The molecule has 0 spiro atoms. The first-order chi connectivity index (χ1) is 8.63. The highest BCUT2D eigenvalue weighted by molar-refractivity contribution is 14.1. The van der Waals surface area contributed by atoms with Crippen molar-refractivity contribution in [1.82, 2.24) is 0 Å². The smallest absolute Gasteiger partial charge is 0.123 e. The molecule has 18 heavy (non-hydrogen) atoms. The van der Waals surface area contributed by atoms with Crippen LogP contribution >= 0.6 is 38.5 Å². The Kier molecular flexibility index (Phi) is 4.67. The van der Waals surface area contributed by atoms with Gasteiger partial charge in [-0.25, -0.2) is 0 Å². The number of hydrogen-bond acceptors (Lipinski definition) is 1. The van der Waals surface area contributed by atoms with Crippen molar-refractivity contribution in [3.63, 3.8) is 0 Å². The summed E-state index contributed by atoms with van der Waals surface area (Å²) in [5.74, 6) is 0.919. The molecule has 0 aliphatic rings. The molecule has 2 aromatic rings. The van der Waals surface area contributed by atoms with Crippen molar-refractivity contribution in [2.45, 2.75) is 11.8 Å². The van der Waals surface area contributed by atoms with Crippen molar-refractivity contribution < 1.29 is 4.74 Å². The van der Waals surface area contributed by atoms with Gasteiger partial charge in [0.2, 0.25) is 0 Å². The van der Waals surface area contributed by atoms with Crippen LogP contribution < -0.4 is 4.74 Å². The first-order valence-electron chi connectivity index (χ1n) is 5.66. The Balaban J connectivity index is 2.48. The zero-order valence-corrected chi connectivity index (χ0v) is 14.0. The van der Waals surface area contributed by atoms with Crippen LogP contribution in [0, 0.1) is 10.5 Å². The third kappa shape index (κ3) is 2.88. The molecule has 0 N–H and O–H groups in total. The summed E-state index contributed by atoms with van der Waals surface area (Å²) in [6.07, 6.45) is 0. The van der Waals surface area contributed by atoms with Gasteiger partial charge in [-0.15, -0.1) is 0 Å². The van der Waals surface area contributed by atoms with E-state index in [1.54, 1.807) is 7.11 Å². The van der Waals surface area contributed by atoms with E-state index in [-0.39, 0.29) is 4.83 Å². The zero-order chi connectivity index (χ0) is 13.1. The van der Waals surface area contributed by atoms with Gasteiger partial charge in [-0.2, -0.15) is 0 Å². The van der Waals surface area contributed by atoms with Crippen molar-refractivity contribution in [2.75, 3.05) is 7.11 Å². The third-order valence-corrected chi connectivity index (χ3v) is 4.81. The number of halogens is 2. The van der Waals surface area contributed by atoms with Crippen LogP contribution in [-0.4, -0.2) is 7.11 Å². The monoisotopic (exact) mass is 416 g/mol. The van der Waals surface area contributed by atoms with Gasteiger partial charge in [-0.1, -0.05) is 51.8 Å². The lowest BCUT2D eigenvalue weighted by atomic mass is 10.0. The topological polar surface area (TPSA) is 9.23 Å². The van der Waals surface area contributed by atoms with E-state index in [0.717, 1.165) is 5.75 Å². The molecule has 0 aromatic heterocycles. The Morgan fingerprint density at radius 3 is 2.50 bits per heavy atom. The number of alkyl halides is 1. The maximum absolute atomic E-state index is 5.45. The molecule has 3 heteroatoms. The minimum absolute atomic E-state index is 0.153. The Labute approximate surface area is 130 Å². The van der Waals surface area contributed by atoms with Crippen LogP contribution in [0.3, 0.4) is 0 Å². The fourth-order valence-corrected chi connectivity index (χ4v) is 3.78. The SMILES string of the molecule is COc1ccc(C)cc1C(Br)c1ccccc1I. The van der Waals surface area contributed by atoms with Gasteiger partial charge < -0.3 is 4.74 Å². The standard InChI is InChI=1S/C15H14BrIO/c1-10-7-8-14(18-2)12(9-10)15(16)11-5-3-4-6-13(11)17/h3-9,15H,1-2H3. The van der Waals surface area contributed by atoms with Gasteiger partial charge >= 0.3 is 0 Å². The lowest BCUT2D eigenvalue weighted by Crippen LogP contribution is -1.99. The molecule has 0 radical (unpaired) electrons. The second-order valence-corrected chi connectivity index (χ2v) is 6.21. The maximum Gasteiger partial charge on any atom is 0.123 e. The zero-order valence-electron chi connectivity index (χ0n) is 10.3. The summed E-state index contributed by atoms with van der Waals surface area (Å²) in [5.41, 5.74) is 3.67. The molecule has 0 saturated heterocycles. The minimum Gasteiger partial charge on any atom is -0.496 e. The van der Waals surface area contributed by atoms with Crippen molar-refractivity contribution >= 4 is 38.5 Å². The van der Waals surface area contributed by atoms with Crippen LogP contribution in [0.25, 0.3) is 0 Å². The number of methoxy groups -OCH3 is 1. The van der Waals surface area contributed by atoms with Crippen molar-refractivity contribution in [1.29, 1.82) is 0 Å². The van der Waals surface area contributed by atoms with E-state index in [2.05, 4.69) is 81.8 Å². The van der Waals surface area contributed by atoms with Crippen LogP contribution in [-0.2, 0) is 0 Å². The molecule has 0 heterocycles. The van der Waals surface area contributed by atoms with Gasteiger partial charge in [0.15, 0.2) is 0 Å². The minimum atomic E-state index is 0.153. The second kappa shape index (κ2) is 6.06. The average Bonchev–Trinajstić information content (AvgIpc) is 2.38. The normalized spacial score (nSPS) is 12.2. The molecule has 0 amide bonds. The summed E-state index contributed by atoms with van der Waals surface area (Å²) in [7, 11) is 1.71. The molecule has 2 rings (SSSR count). The predicted molar refractivity (Wildman–Crippen MR) is 87.7 cm³/mol. The first-order valence-corrected chi connectivity index (χ1v) is 7.66. The second-order valence-electron chi connectivity index (χ2n) is 4.13. The highest BCUT2D eigenvalue weighted by Gasteiger charge is 2.17. The van der Waals surface area contributed by atoms with Gasteiger partial charge in [0.1, 0.15) is 5.75 Å². The molecule has 94 valence electrons. The Hall–Kier alpha value is -0.550. The van der Waals surface area contributed by atoms with Crippen LogP contribution in [0.15, 0.2) is 42.5 Å². The van der Waals surface area contributed by atoms with E-state index in [1.807, 2.05) is 6.07 Å². The molecule has 0 bridgehead atoms. The highest BCUT2D eigenvalue weighted by Crippen LogP contribution is 2.38. The first kappa shape index (κ1) is 13.9. The molecule has 0 aliphatic heterocycles.